The van der Waals surface area contributed by atoms with Crippen LogP contribution < -0.4 is 10.1 Å². The van der Waals surface area contributed by atoms with Crippen LogP contribution in [-0.2, 0) is 0 Å². The van der Waals surface area contributed by atoms with Crippen molar-refractivity contribution >= 4 is 0 Å². The summed E-state index contributed by atoms with van der Waals surface area (Å²) in [4.78, 5) is 0. The summed E-state index contributed by atoms with van der Waals surface area (Å²) in [5.41, 5.74) is 0.848. The van der Waals surface area contributed by atoms with E-state index in [-0.39, 0.29) is 0 Å². The molecular weight excluding hydrogens is 190 g/mol. The first-order chi connectivity index (χ1) is 7.29. The van der Waals surface area contributed by atoms with Gasteiger partial charge in [0.2, 0.25) is 0 Å². The Hall–Kier alpha value is -1.06. The van der Waals surface area contributed by atoms with E-state index in [2.05, 4.69) is 5.32 Å². The number of para-hydroxylation sites is 1. The van der Waals surface area contributed by atoms with Gasteiger partial charge in [-0.25, -0.2) is 0 Å². The molecule has 1 rings (SSSR count). The van der Waals surface area contributed by atoms with E-state index in [4.69, 9.17) is 4.74 Å². The zero-order valence-electron chi connectivity index (χ0n) is 9.36. The third-order valence-corrected chi connectivity index (χ3v) is 2.17. The minimum atomic E-state index is -0.507. The molecule has 0 fully saturated rings. The fourth-order valence-corrected chi connectivity index (χ4v) is 1.43. The number of aliphatic hydroxyl groups excluding tert-OH is 1. The van der Waals surface area contributed by atoms with Crippen LogP contribution >= 0.6 is 0 Å². The lowest BCUT2D eigenvalue weighted by Crippen LogP contribution is -2.21. The molecule has 0 saturated heterocycles. The Balaban J connectivity index is 2.72. The molecule has 84 valence electrons. The molecule has 1 unspecified atom stereocenters. The van der Waals surface area contributed by atoms with Gasteiger partial charge < -0.3 is 15.2 Å². The third kappa shape index (κ3) is 3.53. The van der Waals surface area contributed by atoms with E-state index < -0.39 is 6.10 Å². The molecule has 0 amide bonds. The van der Waals surface area contributed by atoms with E-state index in [0.29, 0.717) is 13.2 Å². The molecule has 0 saturated carbocycles. The molecule has 2 N–H and O–H groups in total. The molecule has 1 aromatic rings. The fourth-order valence-electron chi connectivity index (χ4n) is 1.43. The van der Waals surface area contributed by atoms with Gasteiger partial charge in [0.05, 0.1) is 12.7 Å². The van der Waals surface area contributed by atoms with Gasteiger partial charge in [0.15, 0.2) is 0 Å². The molecule has 1 atom stereocenters. The highest BCUT2D eigenvalue weighted by molar-refractivity contribution is 5.35. The van der Waals surface area contributed by atoms with Crippen LogP contribution in [0.1, 0.15) is 25.5 Å². The summed E-state index contributed by atoms with van der Waals surface area (Å²) in [6.45, 7) is 5.98. The second-order valence-corrected chi connectivity index (χ2v) is 3.29. The number of hydrogen-bond acceptors (Lipinski definition) is 3. The predicted molar refractivity (Wildman–Crippen MR) is 61.1 cm³/mol. The largest absolute Gasteiger partial charge is 0.493 e. The van der Waals surface area contributed by atoms with E-state index in [1.807, 2.05) is 38.1 Å². The fraction of sp³-hybridized carbons (Fsp3) is 0.500. The second kappa shape index (κ2) is 6.43. The Kier molecular flexibility index (Phi) is 5.15. The first-order valence-electron chi connectivity index (χ1n) is 5.40. The Morgan fingerprint density at radius 2 is 2.07 bits per heavy atom. The van der Waals surface area contributed by atoms with Crippen molar-refractivity contribution in [1.29, 1.82) is 0 Å². The zero-order chi connectivity index (χ0) is 11.1. The monoisotopic (exact) mass is 209 g/mol. The lowest BCUT2D eigenvalue weighted by atomic mass is 10.1. The molecule has 0 aromatic heterocycles. The lowest BCUT2D eigenvalue weighted by molar-refractivity contribution is 0.170. The maximum atomic E-state index is 9.92. The Morgan fingerprint density at radius 3 is 2.73 bits per heavy atom. The van der Waals surface area contributed by atoms with Crippen molar-refractivity contribution < 1.29 is 9.84 Å². The van der Waals surface area contributed by atoms with Gasteiger partial charge in [-0.3, -0.25) is 0 Å². The van der Waals surface area contributed by atoms with Gasteiger partial charge in [-0.2, -0.15) is 0 Å². The molecule has 15 heavy (non-hydrogen) atoms. The molecule has 0 radical (unpaired) electrons. The number of ether oxygens (including phenoxy) is 1. The summed E-state index contributed by atoms with van der Waals surface area (Å²) >= 11 is 0. The highest BCUT2D eigenvalue weighted by Crippen LogP contribution is 2.24. The first kappa shape index (κ1) is 12.0. The molecule has 0 aliphatic heterocycles. The second-order valence-electron chi connectivity index (χ2n) is 3.29. The lowest BCUT2D eigenvalue weighted by Gasteiger charge is -2.15. The highest BCUT2D eigenvalue weighted by atomic mass is 16.5. The van der Waals surface area contributed by atoms with E-state index in [0.717, 1.165) is 17.9 Å². The van der Waals surface area contributed by atoms with E-state index in [9.17, 15) is 5.11 Å². The van der Waals surface area contributed by atoms with Crippen molar-refractivity contribution in [2.75, 3.05) is 19.7 Å². The zero-order valence-corrected chi connectivity index (χ0v) is 9.36. The van der Waals surface area contributed by atoms with Gasteiger partial charge in [-0.15, -0.1) is 0 Å². The molecule has 1 aromatic carbocycles. The van der Waals surface area contributed by atoms with Crippen LogP contribution in [0.15, 0.2) is 24.3 Å². The summed E-state index contributed by atoms with van der Waals surface area (Å²) in [5.74, 6) is 0.769. The molecule has 0 aliphatic carbocycles. The van der Waals surface area contributed by atoms with Gasteiger partial charge in [0.1, 0.15) is 5.75 Å². The van der Waals surface area contributed by atoms with E-state index in [1.54, 1.807) is 0 Å². The molecule has 0 heterocycles. The van der Waals surface area contributed by atoms with Gasteiger partial charge in [0, 0.05) is 12.1 Å². The highest BCUT2D eigenvalue weighted by Gasteiger charge is 2.11. The SMILES string of the molecule is CCNCC(O)c1ccccc1OCC. The van der Waals surface area contributed by atoms with Crippen molar-refractivity contribution in [3.05, 3.63) is 29.8 Å². The first-order valence-corrected chi connectivity index (χ1v) is 5.40. The standard InChI is InChI=1S/C12H19NO2/c1-3-13-9-11(14)10-7-5-6-8-12(10)15-4-2/h5-8,11,13-14H,3-4,9H2,1-2H3. The minimum Gasteiger partial charge on any atom is -0.493 e. The number of likely N-dealkylation sites (N-methyl/N-ethyl adjacent to an activating group) is 1. The van der Waals surface area contributed by atoms with Crippen LogP contribution in [-0.4, -0.2) is 24.8 Å². The number of hydrogen-bond donors (Lipinski definition) is 2. The topological polar surface area (TPSA) is 41.5 Å². The van der Waals surface area contributed by atoms with E-state index >= 15 is 0 Å². The molecule has 3 heteroatoms. The van der Waals surface area contributed by atoms with Crippen LogP contribution in [0.5, 0.6) is 5.75 Å². The molecule has 0 aliphatic rings. The van der Waals surface area contributed by atoms with Crippen molar-refractivity contribution in [2.45, 2.75) is 20.0 Å². The maximum Gasteiger partial charge on any atom is 0.125 e. The van der Waals surface area contributed by atoms with Gasteiger partial charge in [-0.1, -0.05) is 25.1 Å². The van der Waals surface area contributed by atoms with Gasteiger partial charge in [-0.05, 0) is 19.5 Å². The van der Waals surface area contributed by atoms with Crippen molar-refractivity contribution in [1.82, 2.24) is 5.32 Å². The van der Waals surface area contributed by atoms with Gasteiger partial charge >= 0.3 is 0 Å². The Bertz CT molecular complexity index is 289. The number of rotatable bonds is 6. The molecule has 0 bridgehead atoms. The Morgan fingerprint density at radius 1 is 1.33 bits per heavy atom. The molecular formula is C12H19NO2. The summed E-state index contributed by atoms with van der Waals surface area (Å²) < 4.78 is 5.45. The predicted octanol–water partition coefficient (Wildman–Crippen LogP) is 1.73. The van der Waals surface area contributed by atoms with Crippen LogP contribution in [0, 0.1) is 0 Å². The average Bonchev–Trinajstić information content (AvgIpc) is 2.27. The van der Waals surface area contributed by atoms with E-state index in [1.165, 1.54) is 0 Å². The maximum absolute atomic E-state index is 9.92. The van der Waals surface area contributed by atoms with Crippen LogP contribution in [0.3, 0.4) is 0 Å². The quantitative estimate of drug-likeness (QED) is 0.749. The third-order valence-electron chi connectivity index (χ3n) is 2.17. The normalized spacial score (nSPS) is 12.5. The number of benzene rings is 1. The van der Waals surface area contributed by atoms with Crippen molar-refractivity contribution in [3.8, 4) is 5.75 Å². The molecule has 0 spiro atoms. The van der Waals surface area contributed by atoms with Crippen LogP contribution in [0.2, 0.25) is 0 Å². The minimum absolute atomic E-state index is 0.507. The summed E-state index contributed by atoms with van der Waals surface area (Å²) in [6.07, 6.45) is -0.507. The average molecular weight is 209 g/mol. The van der Waals surface area contributed by atoms with Gasteiger partial charge in [0.25, 0.3) is 0 Å². The van der Waals surface area contributed by atoms with Crippen molar-refractivity contribution in [3.63, 3.8) is 0 Å². The summed E-state index contributed by atoms with van der Waals surface area (Å²) in [5, 5.41) is 13.0. The number of nitrogens with one attached hydrogen (secondary N) is 1. The summed E-state index contributed by atoms with van der Waals surface area (Å²) in [6, 6.07) is 7.60. The number of aliphatic hydroxyl groups is 1. The summed E-state index contributed by atoms with van der Waals surface area (Å²) in [7, 11) is 0. The van der Waals surface area contributed by atoms with Crippen molar-refractivity contribution in [2.24, 2.45) is 0 Å². The van der Waals surface area contributed by atoms with Crippen LogP contribution in [0.4, 0.5) is 0 Å². The Labute approximate surface area is 91.1 Å². The molecule has 3 nitrogen and oxygen atoms in total. The van der Waals surface area contributed by atoms with Crippen LogP contribution in [0.25, 0.3) is 0 Å². The smallest absolute Gasteiger partial charge is 0.125 e.